The minimum Gasteiger partial charge on any atom is -0.497 e. The Morgan fingerprint density at radius 3 is 2.60 bits per heavy atom. The topological polar surface area (TPSA) is 66.3 Å². The Balaban J connectivity index is 1.83. The molecule has 1 aromatic rings. The molecule has 1 N–H and O–H groups in total. The van der Waals surface area contributed by atoms with Gasteiger partial charge >= 0.3 is 0 Å². The largest absolute Gasteiger partial charge is 0.497 e. The van der Waals surface area contributed by atoms with Crippen LogP contribution >= 0.6 is 11.6 Å². The van der Waals surface area contributed by atoms with Crippen molar-refractivity contribution >= 4 is 34.9 Å². The van der Waals surface area contributed by atoms with Gasteiger partial charge in [-0.1, -0.05) is 55.1 Å². The lowest BCUT2D eigenvalue weighted by molar-refractivity contribution is -0.122. The molecule has 6 nitrogen and oxygen atoms in total. The number of carbonyl (C=O) groups is 1. The van der Waals surface area contributed by atoms with E-state index in [0.29, 0.717) is 35.6 Å². The van der Waals surface area contributed by atoms with Gasteiger partial charge in [-0.25, -0.2) is 9.98 Å². The fourth-order valence-corrected chi connectivity index (χ4v) is 3.45. The number of methoxy groups -OCH3 is 1. The Labute approximate surface area is 182 Å². The first-order chi connectivity index (χ1) is 14.3. The van der Waals surface area contributed by atoms with E-state index >= 15 is 0 Å². The van der Waals surface area contributed by atoms with Gasteiger partial charge in [-0.05, 0) is 38.2 Å². The molecule has 158 valence electrons. The average molecular weight is 427 g/mol. The second-order valence-electron chi connectivity index (χ2n) is 7.38. The number of nitrogens with zero attached hydrogens (tertiary/aromatic N) is 3. The number of benzene rings is 1. The quantitative estimate of drug-likeness (QED) is 0.517. The fourth-order valence-electron chi connectivity index (χ4n) is 3.37. The molecule has 1 saturated carbocycles. The molecule has 0 spiro atoms. The van der Waals surface area contributed by atoms with E-state index in [1.54, 1.807) is 12.0 Å². The zero-order valence-electron chi connectivity index (χ0n) is 17.6. The van der Waals surface area contributed by atoms with Crippen LogP contribution in [0.25, 0.3) is 5.76 Å². The Bertz CT molecular complexity index is 942. The molecule has 0 aromatic heterocycles. The van der Waals surface area contributed by atoms with Crippen molar-refractivity contribution in [2.45, 2.75) is 39.3 Å². The highest BCUT2D eigenvalue weighted by molar-refractivity contribution is 6.44. The third-order valence-electron chi connectivity index (χ3n) is 5.31. The molecule has 1 aliphatic heterocycles. The van der Waals surface area contributed by atoms with E-state index < -0.39 is 0 Å². The van der Waals surface area contributed by atoms with Gasteiger partial charge in [0.25, 0.3) is 5.91 Å². The summed E-state index contributed by atoms with van der Waals surface area (Å²) in [6, 6.07) is 7.80. The molecule has 1 aliphatic carbocycles. The molecule has 2 aliphatic rings. The van der Waals surface area contributed by atoms with Crippen LogP contribution in [-0.2, 0) is 16.1 Å². The summed E-state index contributed by atoms with van der Waals surface area (Å²) in [7, 11) is 1.59. The van der Waals surface area contributed by atoms with Crippen LogP contribution in [0.1, 0.15) is 37.8 Å². The number of carbonyl (C=O) groups excluding carboxylic acids is 1. The maximum absolute atomic E-state index is 13.3. The number of allylic oxidation sites excluding steroid dienone is 1. The van der Waals surface area contributed by atoms with Gasteiger partial charge < -0.3 is 10.1 Å². The van der Waals surface area contributed by atoms with Crippen molar-refractivity contribution in [2.75, 3.05) is 7.11 Å². The second kappa shape index (κ2) is 9.30. The number of hydrogen-bond donors (Lipinski definition) is 1. The molecule has 0 saturated heterocycles. The lowest BCUT2D eigenvalue weighted by Gasteiger charge is -2.34. The lowest BCUT2D eigenvalue weighted by atomic mass is 10.1. The van der Waals surface area contributed by atoms with Crippen LogP contribution in [0.4, 0.5) is 0 Å². The summed E-state index contributed by atoms with van der Waals surface area (Å²) < 4.78 is 5.15. The monoisotopic (exact) mass is 426 g/mol. The van der Waals surface area contributed by atoms with Gasteiger partial charge in [-0.2, -0.15) is 0 Å². The first-order valence-electron chi connectivity index (χ1n) is 9.93. The first kappa shape index (κ1) is 21.8. The van der Waals surface area contributed by atoms with Crippen LogP contribution in [0.3, 0.4) is 0 Å². The van der Waals surface area contributed by atoms with Crippen molar-refractivity contribution in [3.63, 3.8) is 0 Å². The summed E-state index contributed by atoms with van der Waals surface area (Å²) in [5.41, 5.74) is 2.52. The number of nitrogens with one attached hydrogen (secondary N) is 1. The van der Waals surface area contributed by atoms with Crippen LogP contribution in [0, 0.1) is 5.92 Å². The van der Waals surface area contributed by atoms with Crippen molar-refractivity contribution in [2.24, 2.45) is 15.9 Å². The Kier molecular flexibility index (Phi) is 6.77. The van der Waals surface area contributed by atoms with Crippen molar-refractivity contribution in [1.82, 2.24) is 10.2 Å². The molecule has 1 atom stereocenters. The standard InChI is InChI=1S/C23H27ClN4O2/c1-6-20-22(26-16(4)24)28(14(2)18-11-12-18)23(29)21(27-20)25-13-17-7-9-19(10-8-17)15(3)30-5/h6-10,14,18H,3-4,11-13H2,1-2,5H3,(H,25,27)/b20-6+,26-22+. The molecule has 3 rings (SSSR count). The van der Waals surface area contributed by atoms with Gasteiger partial charge in [0, 0.05) is 18.2 Å². The average Bonchev–Trinajstić information content (AvgIpc) is 3.58. The predicted octanol–water partition coefficient (Wildman–Crippen LogP) is 4.44. The summed E-state index contributed by atoms with van der Waals surface area (Å²) in [6.07, 6.45) is 4.03. The summed E-state index contributed by atoms with van der Waals surface area (Å²) in [5, 5.41) is 3.31. The number of ether oxygens (including phenoxy) is 1. The van der Waals surface area contributed by atoms with Gasteiger partial charge in [0.2, 0.25) is 0 Å². The summed E-state index contributed by atoms with van der Waals surface area (Å²) in [6.45, 7) is 11.9. The highest BCUT2D eigenvalue weighted by Crippen LogP contribution is 2.36. The smallest absolute Gasteiger partial charge is 0.295 e. The normalized spacial score (nSPS) is 20.2. The third kappa shape index (κ3) is 4.82. The first-order valence-corrected chi connectivity index (χ1v) is 10.3. The molecule has 0 bridgehead atoms. The van der Waals surface area contributed by atoms with Crippen molar-refractivity contribution in [1.29, 1.82) is 0 Å². The van der Waals surface area contributed by atoms with E-state index in [1.165, 1.54) is 0 Å². The molecular weight excluding hydrogens is 400 g/mol. The second-order valence-corrected chi connectivity index (χ2v) is 7.81. The number of rotatable bonds is 7. The SMILES string of the molecule is C=C(Cl)/N=C1\C(=C/C)N=C(NCc2ccc(C(=C)OC)cc2)C(=O)N1C(C)C1CC1. The maximum atomic E-state index is 13.3. The zero-order valence-corrected chi connectivity index (χ0v) is 18.4. The van der Waals surface area contributed by atoms with Crippen molar-refractivity contribution in [3.8, 4) is 0 Å². The van der Waals surface area contributed by atoms with Gasteiger partial charge in [0.1, 0.15) is 16.6 Å². The Morgan fingerprint density at radius 1 is 1.40 bits per heavy atom. The Morgan fingerprint density at radius 2 is 2.07 bits per heavy atom. The van der Waals surface area contributed by atoms with Gasteiger partial charge in [0.05, 0.1) is 7.11 Å². The van der Waals surface area contributed by atoms with Crippen LogP contribution in [0.15, 0.2) is 64.3 Å². The molecule has 7 heteroatoms. The Hall–Kier alpha value is -2.86. The minimum atomic E-state index is -0.207. The molecule has 1 unspecified atom stereocenters. The number of amides is 1. The molecule has 1 aromatic carbocycles. The van der Waals surface area contributed by atoms with E-state index in [4.69, 9.17) is 16.3 Å². The van der Waals surface area contributed by atoms with E-state index in [1.807, 2.05) is 44.2 Å². The molecule has 1 amide bonds. The zero-order chi connectivity index (χ0) is 21.8. The predicted molar refractivity (Wildman–Crippen MR) is 122 cm³/mol. The summed E-state index contributed by atoms with van der Waals surface area (Å²) >= 11 is 5.94. The molecule has 1 heterocycles. The van der Waals surface area contributed by atoms with E-state index in [0.717, 1.165) is 24.0 Å². The van der Waals surface area contributed by atoms with Gasteiger partial charge in [-0.3, -0.25) is 9.69 Å². The van der Waals surface area contributed by atoms with Crippen LogP contribution in [0.2, 0.25) is 0 Å². The van der Waals surface area contributed by atoms with E-state index in [2.05, 4.69) is 28.5 Å². The molecular formula is C23H27ClN4O2. The van der Waals surface area contributed by atoms with Crippen LogP contribution < -0.4 is 5.32 Å². The number of amidine groups is 2. The summed E-state index contributed by atoms with van der Waals surface area (Å²) in [5.74, 6) is 1.61. The molecule has 30 heavy (non-hydrogen) atoms. The number of hydrogen-bond acceptors (Lipinski definition) is 5. The third-order valence-corrected chi connectivity index (χ3v) is 5.39. The van der Waals surface area contributed by atoms with Crippen LogP contribution in [0.5, 0.6) is 0 Å². The molecule has 0 radical (unpaired) electrons. The highest BCUT2D eigenvalue weighted by atomic mass is 35.5. The van der Waals surface area contributed by atoms with E-state index in [-0.39, 0.29) is 17.1 Å². The molecule has 1 fully saturated rings. The number of aliphatic imine (C=N–C) groups is 2. The summed E-state index contributed by atoms with van der Waals surface area (Å²) in [4.78, 5) is 23.8. The number of halogens is 1. The van der Waals surface area contributed by atoms with Gasteiger partial charge in [-0.15, -0.1) is 0 Å². The van der Waals surface area contributed by atoms with Gasteiger partial charge in [0.15, 0.2) is 11.7 Å². The van der Waals surface area contributed by atoms with Crippen molar-refractivity contribution in [3.05, 3.63) is 65.5 Å². The maximum Gasteiger partial charge on any atom is 0.295 e. The van der Waals surface area contributed by atoms with E-state index in [9.17, 15) is 4.79 Å². The van der Waals surface area contributed by atoms with Crippen molar-refractivity contribution < 1.29 is 9.53 Å². The van der Waals surface area contributed by atoms with Crippen LogP contribution in [-0.4, -0.2) is 35.6 Å². The fraction of sp³-hybridized carbons (Fsp3) is 0.348. The minimum absolute atomic E-state index is 0.00820. The highest BCUT2D eigenvalue weighted by Gasteiger charge is 2.41. The lowest BCUT2D eigenvalue weighted by Crippen LogP contribution is -2.54.